The van der Waals surface area contributed by atoms with Crippen molar-refractivity contribution in [2.75, 3.05) is 33.9 Å². The molecule has 198 valence electrons. The summed E-state index contributed by atoms with van der Waals surface area (Å²) in [4.78, 5) is 60.1. The van der Waals surface area contributed by atoms with Crippen LogP contribution in [-0.2, 0) is 20.7 Å². The minimum absolute atomic E-state index is 0.0346. The third kappa shape index (κ3) is 6.17. The summed E-state index contributed by atoms with van der Waals surface area (Å²) >= 11 is 1.27. The number of hydrogen-bond acceptors (Lipinski definition) is 8. The third-order valence-electron chi connectivity index (χ3n) is 6.27. The van der Waals surface area contributed by atoms with Crippen molar-refractivity contribution in [3.05, 3.63) is 82.3 Å². The molecule has 0 unspecified atom stereocenters. The number of carbonyl (C=O) groups is 4. The fourth-order valence-corrected chi connectivity index (χ4v) is 4.93. The smallest absolute Gasteiger partial charge is 0.328 e. The van der Waals surface area contributed by atoms with E-state index in [1.54, 1.807) is 67.2 Å². The maximum Gasteiger partial charge on any atom is 0.328 e. The Kier molecular flexibility index (Phi) is 8.70. The maximum absolute atomic E-state index is 13.6. The molecule has 1 aromatic carbocycles. The summed E-state index contributed by atoms with van der Waals surface area (Å²) in [6.07, 6.45) is 3.20. The number of benzene rings is 1. The average Bonchev–Trinajstić information content (AvgIpc) is 3.51. The molecule has 0 spiro atoms. The zero-order valence-electron chi connectivity index (χ0n) is 21.0. The Morgan fingerprint density at radius 1 is 1.05 bits per heavy atom. The van der Waals surface area contributed by atoms with E-state index < -0.39 is 24.0 Å². The summed E-state index contributed by atoms with van der Waals surface area (Å²) < 4.78 is 10.1. The highest BCUT2D eigenvalue weighted by atomic mass is 32.1. The lowest BCUT2D eigenvalue weighted by Crippen LogP contribution is -2.63. The number of piperazine rings is 1. The first-order chi connectivity index (χ1) is 18.4. The van der Waals surface area contributed by atoms with Gasteiger partial charge in [-0.05, 0) is 41.3 Å². The number of nitrogens with zero attached hydrogens (tertiary/aromatic N) is 3. The van der Waals surface area contributed by atoms with Gasteiger partial charge >= 0.3 is 5.97 Å². The molecule has 3 heterocycles. The number of ether oxygens (including phenoxy) is 2. The Morgan fingerprint density at radius 2 is 1.84 bits per heavy atom. The summed E-state index contributed by atoms with van der Waals surface area (Å²) in [5, 5.41) is 4.54. The highest BCUT2D eigenvalue weighted by Crippen LogP contribution is 2.20. The Hall–Kier alpha value is -4.25. The lowest BCUT2D eigenvalue weighted by molar-refractivity contribution is -0.145. The Morgan fingerprint density at radius 3 is 2.47 bits per heavy atom. The number of thiophene rings is 1. The molecule has 0 saturated carbocycles. The second kappa shape index (κ2) is 12.3. The van der Waals surface area contributed by atoms with Gasteiger partial charge in [-0.25, -0.2) is 4.79 Å². The minimum Gasteiger partial charge on any atom is -0.497 e. The van der Waals surface area contributed by atoms with Gasteiger partial charge in [0.1, 0.15) is 17.8 Å². The first-order valence-electron chi connectivity index (χ1n) is 12.0. The summed E-state index contributed by atoms with van der Waals surface area (Å²) in [6, 6.07) is 11.9. The van der Waals surface area contributed by atoms with Crippen LogP contribution in [0.3, 0.4) is 0 Å². The molecule has 1 aliphatic heterocycles. The third-order valence-corrected chi connectivity index (χ3v) is 7.13. The molecule has 1 N–H and O–H groups in total. The highest BCUT2D eigenvalue weighted by molar-refractivity contribution is 7.12. The van der Waals surface area contributed by atoms with Gasteiger partial charge in [0, 0.05) is 31.9 Å². The Balaban J connectivity index is 1.56. The van der Waals surface area contributed by atoms with Gasteiger partial charge in [-0.15, -0.1) is 11.3 Å². The van der Waals surface area contributed by atoms with Gasteiger partial charge in [-0.1, -0.05) is 18.2 Å². The maximum atomic E-state index is 13.6. The van der Waals surface area contributed by atoms with Crippen LogP contribution in [0, 0.1) is 0 Å². The predicted octanol–water partition coefficient (Wildman–Crippen LogP) is 2.02. The molecule has 0 radical (unpaired) electrons. The largest absolute Gasteiger partial charge is 0.497 e. The number of rotatable bonds is 8. The number of aromatic nitrogens is 1. The lowest BCUT2D eigenvalue weighted by atomic mass is 10.0. The second-order valence-electron chi connectivity index (χ2n) is 8.62. The SMILES string of the molecule is COC(=O)[C@H](Cc1ccc(OC)cc1)NC(=O)[C@H]1CN(C(=O)c2cccnc2)CCN1C(=O)c1cccs1. The first kappa shape index (κ1) is 26.8. The van der Waals surface area contributed by atoms with Crippen LogP contribution >= 0.6 is 11.3 Å². The van der Waals surface area contributed by atoms with Crippen LogP contribution in [0.2, 0.25) is 0 Å². The van der Waals surface area contributed by atoms with Crippen molar-refractivity contribution in [2.45, 2.75) is 18.5 Å². The molecule has 2 atom stereocenters. The van der Waals surface area contributed by atoms with Crippen molar-refractivity contribution in [1.82, 2.24) is 20.1 Å². The summed E-state index contributed by atoms with van der Waals surface area (Å²) in [5.41, 5.74) is 1.17. The van der Waals surface area contributed by atoms with Crippen LogP contribution in [0.5, 0.6) is 5.75 Å². The van der Waals surface area contributed by atoms with Crippen LogP contribution < -0.4 is 10.1 Å². The summed E-state index contributed by atoms with van der Waals surface area (Å²) in [7, 11) is 2.80. The van der Waals surface area contributed by atoms with E-state index in [4.69, 9.17) is 9.47 Å². The van der Waals surface area contributed by atoms with E-state index in [0.717, 1.165) is 5.56 Å². The molecule has 3 amide bonds. The lowest BCUT2D eigenvalue weighted by Gasteiger charge is -2.40. The molecule has 2 aromatic heterocycles. The molecule has 0 bridgehead atoms. The van der Waals surface area contributed by atoms with Crippen LogP contribution in [0.15, 0.2) is 66.3 Å². The first-order valence-corrected chi connectivity index (χ1v) is 12.8. The van der Waals surface area contributed by atoms with Crippen molar-refractivity contribution in [1.29, 1.82) is 0 Å². The molecular formula is C27H28N4O6S. The fraction of sp³-hybridized carbons (Fsp3) is 0.296. The van der Waals surface area contributed by atoms with Gasteiger partial charge in [-0.2, -0.15) is 0 Å². The van der Waals surface area contributed by atoms with Crippen molar-refractivity contribution in [2.24, 2.45) is 0 Å². The second-order valence-corrected chi connectivity index (χ2v) is 9.57. The minimum atomic E-state index is -1.01. The molecule has 1 aliphatic rings. The number of carbonyl (C=O) groups excluding carboxylic acids is 4. The average molecular weight is 537 g/mol. The van der Waals surface area contributed by atoms with Gasteiger partial charge in [0.25, 0.3) is 11.8 Å². The van der Waals surface area contributed by atoms with Crippen LogP contribution in [0.25, 0.3) is 0 Å². The molecule has 11 heteroatoms. The van der Waals surface area contributed by atoms with Crippen LogP contribution in [-0.4, -0.2) is 84.4 Å². The molecular weight excluding hydrogens is 508 g/mol. The normalized spacial score (nSPS) is 15.9. The zero-order valence-corrected chi connectivity index (χ0v) is 21.8. The molecule has 4 rings (SSSR count). The molecule has 1 saturated heterocycles. The number of pyridine rings is 1. The van der Waals surface area contributed by atoms with E-state index in [9.17, 15) is 19.2 Å². The topological polar surface area (TPSA) is 118 Å². The monoisotopic (exact) mass is 536 g/mol. The van der Waals surface area contributed by atoms with Gasteiger partial charge in [0.2, 0.25) is 5.91 Å². The van der Waals surface area contributed by atoms with Crippen molar-refractivity contribution >= 4 is 35.0 Å². The van der Waals surface area contributed by atoms with E-state index in [1.165, 1.54) is 34.4 Å². The molecule has 10 nitrogen and oxygen atoms in total. The fourth-order valence-electron chi connectivity index (χ4n) is 4.25. The summed E-state index contributed by atoms with van der Waals surface area (Å²) in [6.45, 7) is 0.371. The number of methoxy groups -OCH3 is 2. The zero-order chi connectivity index (χ0) is 27.1. The molecule has 3 aromatic rings. The van der Waals surface area contributed by atoms with E-state index >= 15 is 0 Å². The quantitative estimate of drug-likeness (QED) is 0.438. The van der Waals surface area contributed by atoms with E-state index in [1.807, 2.05) is 0 Å². The van der Waals surface area contributed by atoms with Crippen LogP contribution in [0.4, 0.5) is 0 Å². The number of amides is 3. The standard InChI is InChI=1S/C27H28N4O6S/c1-36-20-9-7-18(8-10-20)15-21(27(35)37-2)29-24(32)22-17-30(25(33)19-5-3-11-28-16-19)12-13-31(22)26(34)23-6-4-14-38-23/h3-11,14,16,21-22H,12-13,15,17H2,1-2H3,(H,29,32)/t21-,22+/m0/s1. The van der Waals surface area contributed by atoms with Gasteiger partial charge in [-0.3, -0.25) is 19.4 Å². The Labute approximate surface area is 224 Å². The molecule has 38 heavy (non-hydrogen) atoms. The predicted molar refractivity (Wildman–Crippen MR) is 140 cm³/mol. The Bertz CT molecular complexity index is 1270. The number of esters is 1. The van der Waals surface area contributed by atoms with E-state index in [2.05, 4.69) is 10.3 Å². The van der Waals surface area contributed by atoms with E-state index in [0.29, 0.717) is 16.2 Å². The van der Waals surface area contributed by atoms with Crippen LogP contribution in [0.1, 0.15) is 25.6 Å². The van der Waals surface area contributed by atoms with Gasteiger partial charge in [0.05, 0.1) is 31.2 Å². The van der Waals surface area contributed by atoms with Crippen molar-refractivity contribution < 1.29 is 28.7 Å². The van der Waals surface area contributed by atoms with Crippen molar-refractivity contribution in [3.8, 4) is 5.75 Å². The number of hydrogen-bond donors (Lipinski definition) is 1. The van der Waals surface area contributed by atoms with Crippen molar-refractivity contribution in [3.63, 3.8) is 0 Å². The van der Waals surface area contributed by atoms with Gasteiger partial charge < -0.3 is 24.6 Å². The molecule has 0 aliphatic carbocycles. The summed E-state index contributed by atoms with van der Waals surface area (Å²) in [5.74, 6) is -1.11. The van der Waals surface area contributed by atoms with Gasteiger partial charge in [0.15, 0.2) is 0 Å². The number of nitrogens with one attached hydrogen (secondary N) is 1. The highest BCUT2D eigenvalue weighted by Gasteiger charge is 2.39. The van der Waals surface area contributed by atoms with E-state index in [-0.39, 0.29) is 37.9 Å². The molecule has 1 fully saturated rings.